The molecule has 3 atom stereocenters. The fourth-order valence-electron chi connectivity index (χ4n) is 5.67. The van der Waals surface area contributed by atoms with Gasteiger partial charge in [-0.25, -0.2) is 4.79 Å². The van der Waals surface area contributed by atoms with Crippen molar-refractivity contribution in [1.82, 2.24) is 20.0 Å². The van der Waals surface area contributed by atoms with E-state index in [2.05, 4.69) is 11.9 Å². The summed E-state index contributed by atoms with van der Waals surface area (Å²) in [5.74, 6) is -0.182. The summed E-state index contributed by atoms with van der Waals surface area (Å²) >= 11 is 0. The molecule has 5 rings (SSSR count). The Bertz CT molecular complexity index is 1350. The van der Waals surface area contributed by atoms with Crippen LogP contribution in [0.1, 0.15) is 29.5 Å². The van der Waals surface area contributed by atoms with E-state index < -0.39 is 12.2 Å². The molecule has 3 aromatic rings. The van der Waals surface area contributed by atoms with Gasteiger partial charge in [0.25, 0.3) is 0 Å². The molecule has 8 nitrogen and oxygen atoms in total. The Hall–Kier alpha value is -4.59. The van der Waals surface area contributed by atoms with Crippen molar-refractivity contribution in [2.24, 2.45) is 0 Å². The number of fused-ring (bicyclic) bond motifs is 1. The van der Waals surface area contributed by atoms with Crippen LogP contribution in [0.25, 0.3) is 0 Å². The Kier molecular flexibility index (Phi) is 8.15. The van der Waals surface area contributed by atoms with Gasteiger partial charge in [0.15, 0.2) is 0 Å². The molecule has 2 N–H and O–H groups in total. The maximum atomic E-state index is 13.9. The number of piperazine rings is 1. The first-order valence-electron chi connectivity index (χ1n) is 13.6. The van der Waals surface area contributed by atoms with Crippen LogP contribution >= 0.6 is 0 Å². The highest BCUT2D eigenvalue weighted by Gasteiger charge is 2.51. The third kappa shape index (κ3) is 5.86. The van der Waals surface area contributed by atoms with E-state index in [9.17, 15) is 19.5 Å². The average Bonchev–Trinajstić information content (AvgIpc) is 2.96. The number of hydrogen-bond donors (Lipinski definition) is 2. The Balaban J connectivity index is 1.48. The van der Waals surface area contributed by atoms with E-state index in [1.54, 1.807) is 45.0 Å². The van der Waals surface area contributed by atoms with Gasteiger partial charge in [0.05, 0.1) is 6.54 Å². The molecular formula is C32H34N4O4. The van der Waals surface area contributed by atoms with Crippen molar-refractivity contribution in [3.8, 4) is 5.75 Å². The molecule has 0 aliphatic carbocycles. The Morgan fingerprint density at radius 1 is 0.925 bits per heavy atom. The molecule has 2 fully saturated rings. The predicted octanol–water partition coefficient (Wildman–Crippen LogP) is 4.06. The van der Waals surface area contributed by atoms with Crippen molar-refractivity contribution in [2.75, 3.05) is 6.54 Å². The van der Waals surface area contributed by atoms with Gasteiger partial charge in [-0.05, 0) is 35.2 Å². The van der Waals surface area contributed by atoms with Crippen LogP contribution < -0.4 is 5.32 Å². The topological polar surface area (TPSA) is 93.2 Å². The van der Waals surface area contributed by atoms with E-state index in [4.69, 9.17) is 0 Å². The number of nitrogens with one attached hydrogen (secondary N) is 1. The van der Waals surface area contributed by atoms with Crippen LogP contribution in [0, 0.1) is 0 Å². The molecule has 0 spiro atoms. The molecule has 0 radical (unpaired) electrons. The van der Waals surface area contributed by atoms with Crippen LogP contribution in [0.2, 0.25) is 0 Å². The molecule has 0 unspecified atom stereocenters. The molecule has 40 heavy (non-hydrogen) atoms. The van der Waals surface area contributed by atoms with Gasteiger partial charge < -0.3 is 20.2 Å². The van der Waals surface area contributed by atoms with Crippen LogP contribution in [0.5, 0.6) is 5.75 Å². The van der Waals surface area contributed by atoms with Crippen LogP contribution in [0.3, 0.4) is 0 Å². The minimum atomic E-state index is -0.784. The summed E-state index contributed by atoms with van der Waals surface area (Å²) in [6.45, 7) is 4.79. The zero-order chi connectivity index (χ0) is 28.1. The van der Waals surface area contributed by atoms with Crippen molar-refractivity contribution < 1.29 is 19.5 Å². The largest absolute Gasteiger partial charge is 0.508 e. The number of carbonyl (C=O) groups is 3. The monoisotopic (exact) mass is 538 g/mol. The number of benzene rings is 3. The Morgan fingerprint density at radius 2 is 1.57 bits per heavy atom. The fraction of sp³-hybridized carbons (Fsp3) is 0.281. The second kappa shape index (κ2) is 12.1. The van der Waals surface area contributed by atoms with Crippen molar-refractivity contribution in [3.05, 3.63) is 114 Å². The summed E-state index contributed by atoms with van der Waals surface area (Å²) in [6, 6.07) is 24.6. The third-order valence-electron chi connectivity index (χ3n) is 7.59. The second-order valence-corrected chi connectivity index (χ2v) is 10.3. The summed E-state index contributed by atoms with van der Waals surface area (Å²) in [5.41, 5.74) is 2.76. The van der Waals surface area contributed by atoms with Crippen LogP contribution in [-0.4, -0.2) is 62.4 Å². The minimum Gasteiger partial charge on any atom is -0.508 e. The molecule has 8 heteroatoms. The minimum absolute atomic E-state index is 0.110. The first-order chi connectivity index (χ1) is 19.4. The van der Waals surface area contributed by atoms with Gasteiger partial charge in [-0.3, -0.25) is 14.5 Å². The number of carbonyl (C=O) groups excluding carboxylic acids is 3. The first kappa shape index (κ1) is 27.0. The molecule has 2 heterocycles. The number of phenols is 1. The Labute approximate surface area is 234 Å². The average molecular weight is 539 g/mol. The van der Waals surface area contributed by atoms with E-state index in [0.29, 0.717) is 19.5 Å². The van der Waals surface area contributed by atoms with Crippen LogP contribution in [0.4, 0.5) is 4.79 Å². The number of amides is 4. The van der Waals surface area contributed by atoms with E-state index >= 15 is 0 Å². The molecule has 4 amide bonds. The molecule has 2 aliphatic rings. The lowest BCUT2D eigenvalue weighted by Crippen LogP contribution is -2.74. The zero-order valence-corrected chi connectivity index (χ0v) is 22.4. The molecule has 206 valence electrons. The highest BCUT2D eigenvalue weighted by atomic mass is 16.3. The highest BCUT2D eigenvalue weighted by molar-refractivity contribution is 5.91. The Morgan fingerprint density at radius 3 is 2.23 bits per heavy atom. The van der Waals surface area contributed by atoms with Gasteiger partial charge >= 0.3 is 6.03 Å². The van der Waals surface area contributed by atoms with Crippen molar-refractivity contribution in [3.63, 3.8) is 0 Å². The van der Waals surface area contributed by atoms with Gasteiger partial charge in [-0.1, -0.05) is 78.9 Å². The quantitative estimate of drug-likeness (QED) is 0.423. The fourth-order valence-corrected chi connectivity index (χ4v) is 5.67. The zero-order valence-electron chi connectivity index (χ0n) is 22.4. The lowest BCUT2D eigenvalue weighted by atomic mass is 9.94. The van der Waals surface area contributed by atoms with E-state index in [-0.39, 0.29) is 49.0 Å². The lowest BCUT2D eigenvalue weighted by Gasteiger charge is -2.54. The number of nitrogens with zero attached hydrogens (tertiary/aromatic N) is 3. The van der Waals surface area contributed by atoms with E-state index in [0.717, 1.165) is 16.7 Å². The number of phenolic OH excluding ortho intramolecular Hbond substituents is 1. The number of urea groups is 1. The SMILES string of the molecule is C=CC[C@@H]1CC(=O)N2[C@H](CN(Cc3ccccc3)C(=O)[C@@H]2Cc2ccc(O)cc2)N1C(=O)NCc1ccccc1. The van der Waals surface area contributed by atoms with Gasteiger partial charge in [0.2, 0.25) is 11.8 Å². The summed E-state index contributed by atoms with van der Waals surface area (Å²) in [5, 5.41) is 12.8. The van der Waals surface area contributed by atoms with E-state index in [1.807, 2.05) is 60.7 Å². The molecule has 0 aromatic heterocycles. The smallest absolute Gasteiger partial charge is 0.319 e. The molecular weight excluding hydrogens is 504 g/mol. The summed E-state index contributed by atoms with van der Waals surface area (Å²) in [6.07, 6.45) is 1.95. The second-order valence-electron chi connectivity index (χ2n) is 10.3. The van der Waals surface area contributed by atoms with Gasteiger partial charge in [-0.2, -0.15) is 0 Å². The van der Waals surface area contributed by atoms with E-state index in [1.165, 1.54) is 0 Å². The van der Waals surface area contributed by atoms with Crippen molar-refractivity contribution >= 4 is 17.8 Å². The molecule has 3 aromatic carbocycles. The first-order valence-corrected chi connectivity index (χ1v) is 13.6. The number of hydrogen-bond acceptors (Lipinski definition) is 4. The van der Waals surface area contributed by atoms with Crippen LogP contribution in [0.15, 0.2) is 97.6 Å². The number of aromatic hydroxyl groups is 1. The van der Waals surface area contributed by atoms with Crippen molar-refractivity contribution in [1.29, 1.82) is 0 Å². The summed E-state index contributed by atoms with van der Waals surface area (Å²) in [7, 11) is 0. The maximum Gasteiger partial charge on any atom is 0.319 e. The lowest BCUT2D eigenvalue weighted by molar-refractivity contribution is -0.170. The van der Waals surface area contributed by atoms with Crippen LogP contribution in [-0.2, 0) is 29.1 Å². The van der Waals surface area contributed by atoms with Gasteiger partial charge in [-0.15, -0.1) is 6.58 Å². The maximum absolute atomic E-state index is 13.9. The molecule has 2 aliphatic heterocycles. The third-order valence-corrected chi connectivity index (χ3v) is 7.59. The van der Waals surface area contributed by atoms with Gasteiger partial charge in [0, 0.05) is 32.0 Å². The normalized spacial score (nSPS) is 20.7. The van der Waals surface area contributed by atoms with Crippen molar-refractivity contribution in [2.45, 2.75) is 50.6 Å². The summed E-state index contributed by atoms with van der Waals surface area (Å²) in [4.78, 5) is 46.5. The standard InChI is InChI=1S/C32H34N4O4/c1-2-9-26-19-30(38)36-28(18-23-14-16-27(37)17-15-23)31(39)34(21-25-12-7-4-8-13-25)22-29(36)35(26)32(40)33-20-24-10-5-3-6-11-24/h2-8,10-17,26,28-29,37H,1,9,18-22H2,(H,33,40)/t26-,28+,29-/m1/s1. The number of rotatable bonds is 8. The molecule has 0 saturated carbocycles. The van der Waals surface area contributed by atoms with Gasteiger partial charge in [0.1, 0.15) is 18.0 Å². The highest BCUT2D eigenvalue weighted by Crippen LogP contribution is 2.32. The summed E-state index contributed by atoms with van der Waals surface area (Å²) < 4.78 is 0. The molecule has 2 saturated heterocycles. The predicted molar refractivity (Wildman–Crippen MR) is 152 cm³/mol. The molecule has 0 bridgehead atoms.